The summed E-state index contributed by atoms with van der Waals surface area (Å²) in [4.78, 5) is 10.9. The van der Waals surface area contributed by atoms with Crippen LogP contribution in [0.3, 0.4) is 0 Å². The molecule has 0 radical (unpaired) electrons. The second kappa shape index (κ2) is 3.79. The number of carbonyl (C=O) groups is 1. The van der Waals surface area contributed by atoms with Crippen molar-refractivity contribution in [3.8, 4) is 0 Å². The van der Waals surface area contributed by atoms with Crippen molar-refractivity contribution in [2.24, 2.45) is 0 Å². The van der Waals surface area contributed by atoms with E-state index in [0.29, 0.717) is 0 Å². The first kappa shape index (κ1) is 10.7. The molecule has 0 bridgehead atoms. The Balaban J connectivity index is 3.42. The van der Waals surface area contributed by atoms with E-state index >= 15 is 0 Å². The van der Waals surface area contributed by atoms with Crippen LogP contribution in [0.2, 0.25) is 0 Å². The van der Waals surface area contributed by atoms with Crippen LogP contribution in [0.1, 0.15) is 17.3 Å². The van der Waals surface area contributed by atoms with E-state index in [1.807, 2.05) is 0 Å². The molecule has 0 aliphatic rings. The second-order valence-corrected chi connectivity index (χ2v) is 5.13. The van der Waals surface area contributed by atoms with E-state index < -0.39 is 15.7 Å². The minimum atomic E-state index is -2.95. The van der Waals surface area contributed by atoms with Gasteiger partial charge in [-0.1, -0.05) is 19.1 Å². The summed E-state index contributed by atoms with van der Waals surface area (Å²) in [5.41, 5.74) is -0.0469. The van der Waals surface area contributed by atoms with Crippen LogP contribution in [0.5, 0.6) is 0 Å². The Labute approximate surface area is 82.6 Å². The van der Waals surface area contributed by atoms with Crippen molar-refractivity contribution in [1.29, 1.82) is 4.78 Å². The molecule has 0 fully saturated rings. The Morgan fingerprint density at radius 1 is 1.50 bits per heavy atom. The van der Waals surface area contributed by atoms with Gasteiger partial charge in [0.2, 0.25) is 0 Å². The summed E-state index contributed by atoms with van der Waals surface area (Å²) >= 11 is 0. The van der Waals surface area contributed by atoms with E-state index in [-0.39, 0.29) is 16.2 Å². The molecule has 0 saturated heterocycles. The zero-order valence-corrected chi connectivity index (χ0v) is 8.50. The molecular weight excluding hydrogens is 202 g/mol. The Morgan fingerprint density at radius 3 is 2.57 bits per heavy atom. The highest BCUT2D eigenvalue weighted by atomic mass is 32.2. The molecule has 2 N–H and O–H groups in total. The highest BCUT2D eigenvalue weighted by Crippen LogP contribution is 2.17. The molecule has 4 nitrogen and oxygen atoms in total. The van der Waals surface area contributed by atoms with Gasteiger partial charge >= 0.3 is 5.97 Å². The third-order valence-corrected chi connectivity index (χ3v) is 3.76. The van der Waals surface area contributed by atoms with Crippen LogP contribution in [0.4, 0.5) is 0 Å². The van der Waals surface area contributed by atoms with Crippen LogP contribution in [0, 0.1) is 4.78 Å². The molecule has 0 unspecified atom stereocenters. The van der Waals surface area contributed by atoms with Crippen molar-refractivity contribution in [1.82, 2.24) is 0 Å². The monoisotopic (exact) mass is 213 g/mol. The van der Waals surface area contributed by atoms with E-state index in [2.05, 4.69) is 0 Å². The van der Waals surface area contributed by atoms with Gasteiger partial charge in [-0.2, -0.15) is 0 Å². The van der Waals surface area contributed by atoms with E-state index in [1.165, 1.54) is 12.1 Å². The van der Waals surface area contributed by atoms with Gasteiger partial charge in [0.15, 0.2) is 0 Å². The summed E-state index contributed by atoms with van der Waals surface area (Å²) in [6, 6.07) is 5.94. The summed E-state index contributed by atoms with van der Waals surface area (Å²) in [6.07, 6.45) is 0. The molecule has 76 valence electrons. The van der Waals surface area contributed by atoms with Crippen molar-refractivity contribution >= 4 is 15.7 Å². The zero-order valence-electron chi connectivity index (χ0n) is 7.69. The Kier molecular flexibility index (Phi) is 2.90. The second-order valence-electron chi connectivity index (χ2n) is 2.77. The number of hydrogen-bond acceptors (Lipinski definition) is 3. The van der Waals surface area contributed by atoms with E-state index in [9.17, 15) is 9.00 Å². The van der Waals surface area contributed by atoms with Crippen molar-refractivity contribution in [2.45, 2.75) is 11.8 Å². The van der Waals surface area contributed by atoms with Crippen LogP contribution < -0.4 is 0 Å². The molecule has 0 heterocycles. The van der Waals surface area contributed by atoms with Gasteiger partial charge in [-0.15, -0.1) is 0 Å². The summed E-state index contributed by atoms with van der Waals surface area (Å²) in [7, 11) is -2.95. The Bertz CT molecular complexity index is 451. The molecule has 0 aliphatic carbocycles. The van der Waals surface area contributed by atoms with Crippen LogP contribution in [0.25, 0.3) is 0 Å². The Morgan fingerprint density at radius 2 is 2.07 bits per heavy atom. The van der Waals surface area contributed by atoms with Gasteiger partial charge in [-0.3, -0.25) is 0 Å². The summed E-state index contributed by atoms with van der Waals surface area (Å²) < 4.78 is 19.2. The molecular formula is C9H11NO3S. The molecule has 0 aromatic heterocycles. The van der Waals surface area contributed by atoms with Crippen molar-refractivity contribution in [3.05, 3.63) is 29.8 Å². The van der Waals surface area contributed by atoms with Gasteiger partial charge in [0.1, 0.15) is 0 Å². The fourth-order valence-electron chi connectivity index (χ4n) is 1.09. The molecule has 0 aliphatic heterocycles. The number of rotatable bonds is 3. The van der Waals surface area contributed by atoms with Crippen LogP contribution in [0.15, 0.2) is 29.2 Å². The normalized spacial score (nSPS) is 14.6. The topological polar surface area (TPSA) is 78.2 Å². The third kappa shape index (κ3) is 1.93. The first-order chi connectivity index (χ1) is 6.49. The van der Waals surface area contributed by atoms with E-state index in [1.54, 1.807) is 19.1 Å². The number of carboxylic acid groups (broad SMARTS) is 1. The zero-order chi connectivity index (χ0) is 10.8. The van der Waals surface area contributed by atoms with Crippen LogP contribution in [-0.4, -0.2) is 21.0 Å². The highest BCUT2D eigenvalue weighted by molar-refractivity contribution is 7.92. The third-order valence-electron chi connectivity index (χ3n) is 1.88. The van der Waals surface area contributed by atoms with Crippen LogP contribution in [-0.2, 0) is 9.73 Å². The summed E-state index contributed by atoms with van der Waals surface area (Å²) in [5.74, 6) is -1.02. The quantitative estimate of drug-likeness (QED) is 0.803. The molecule has 1 rings (SSSR count). The molecule has 0 saturated carbocycles. The van der Waals surface area contributed by atoms with Gasteiger partial charge in [0.25, 0.3) is 0 Å². The van der Waals surface area contributed by atoms with Crippen LogP contribution >= 0.6 is 0 Å². The van der Waals surface area contributed by atoms with E-state index in [4.69, 9.17) is 9.89 Å². The minimum absolute atomic E-state index is 0.0469. The van der Waals surface area contributed by atoms with Gasteiger partial charge in [-0.25, -0.2) is 13.8 Å². The molecule has 1 aromatic rings. The van der Waals surface area contributed by atoms with Crippen molar-refractivity contribution in [2.75, 3.05) is 5.75 Å². The largest absolute Gasteiger partial charge is 0.478 e. The number of aromatic carboxylic acids is 1. The molecule has 1 atom stereocenters. The lowest BCUT2D eigenvalue weighted by molar-refractivity contribution is 0.0693. The molecule has 1 aromatic carbocycles. The molecule has 0 amide bonds. The van der Waals surface area contributed by atoms with Crippen molar-refractivity contribution < 1.29 is 14.1 Å². The number of nitrogens with one attached hydrogen (secondary N) is 1. The maximum absolute atomic E-state index is 11.7. The lowest BCUT2D eigenvalue weighted by atomic mass is 10.2. The van der Waals surface area contributed by atoms with Gasteiger partial charge in [-0.05, 0) is 12.1 Å². The lowest BCUT2D eigenvalue weighted by Crippen LogP contribution is -2.09. The summed E-state index contributed by atoms with van der Waals surface area (Å²) in [5, 5.41) is 8.82. The Hall–Kier alpha value is -1.36. The smallest absolute Gasteiger partial charge is 0.336 e. The van der Waals surface area contributed by atoms with Gasteiger partial charge in [0.05, 0.1) is 20.2 Å². The number of carboxylic acids is 1. The highest BCUT2D eigenvalue weighted by Gasteiger charge is 2.16. The SMILES string of the molecule is CC[S@@](=N)(=O)c1ccccc1C(=O)O. The molecule has 5 heteroatoms. The first-order valence-corrected chi connectivity index (χ1v) is 5.80. The first-order valence-electron chi connectivity index (χ1n) is 4.08. The lowest BCUT2D eigenvalue weighted by Gasteiger charge is -2.07. The minimum Gasteiger partial charge on any atom is -0.478 e. The fraction of sp³-hybridized carbons (Fsp3) is 0.222. The molecule has 14 heavy (non-hydrogen) atoms. The predicted molar refractivity (Wildman–Crippen MR) is 53.1 cm³/mol. The standard InChI is InChI=1S/C9H11NO3S/c1-2-14(10,13)8-6-4-3-5-7(8)9(11)12/h3-6,10H,2H2,1H3,(H,11,12)/t14-/m1/s1. The maximum atomic E-state index is 11.7. The maximum Gasteiger partial charge on any atom is 0.336 e. The summed E-state index contributed by atoms with van der Waals surface area (Å²) in [6.45, 7) is 1.61. The van der Waals surface area contributed by atoms with Crippen molar-refractivity contribution in [3.63, 3.8) is 0 Å². The molecule has 0 spiro atoms. The fourth-order valence-corrected chi connectivity index (χ4v) is 2.21. The average Bonchev–Trinajstić information content (AvgIpc) is 2.18. The van der Waals surface area contributed by atoms with Gasteiger partial charge in [0, 0.05) is 5.75 Å². The number of benzene rings is 1. The average molecular weight is 213 g/mol. The van der Waals surface area contributed by atoms with E-state index in [0.717, 1.165) is 0 Å². The predicted octanol–water partition coefficient (Wildman–Crippen LogP) is 1.81. The number of hydrogen-bond donors (Lipinski definition) is 2. The van der Waals surface area contributed by atoms with Gasteiger partial charge < -0.3 is 5.11 Å².